The molecular weight excluding hydrogens is 270 g/mol. The fraction of sp³-hybridized carbons (Fsp3) is 0.438. The van der Waals surface area contributed by atoms with Crippen LogP contribution in [-0.4, -0.2) is 24.2 Å². The van der Waals surface area contributed by atoms with E-state index < -0.39 is 0 Å². The molecule has 1 saturated carbocycles. The van der Waals surface area contributed by atoms with Crippen LogP contribution < -0.4 is 5.32 Å². The topological polar surface area (TPSA) is 49.3 Å². The molecule has 0 spiro atoms. The smallest absolute Gasteiger partial charge is 0.261 e. The van der Waals surface area contributed by atoms with E-state index in [1.165, 1.54) is 11.3 Å². The number of aliphatic hydroxyl groups excluding tert-OH is 1. The Kier molecular flexibility index (Phi) is 4.03. The Morgan fingerprint density at radius 2 is 2.10 bits per heavy atom. The van der Waals surface area contributed by atoms with E-state index in [0.29, 0.717) is 18.4 Å². The van der Waals surface area contributed by atoms with Gasteiger partial charge < -0.3 is 10.4 Å². The van der Waals surface area contributed by atoms with Gasteiger partial charge in [0.15, 0.2) is 0 Å². The van der Waals surface area contributed by atoms with Crippen molar-refractivity contribution < 1.29 is 9.90 Å². The Morgan fingerprint density at radius 3 is 2.90 bits per heavy atom. The van der Waals surface area contributed by atoms with Crippen molar-refractivity contribution >= 4 is 27.3 Å². The third-order valence-electron chi connectivity index (χ3n) is 4.23. The van der Waals surface area contributed by atoms with Crippen molar-refractivity contribution in [1.29, 1.82) is 0 Å². The van der Waals surface area contributed by atoms with Crippen LogP contribution in [0.3, 0.4) is 0 Å². The van der Waals surface area contributed by atoms with E-state index in [1.54, 1.807) is 0 Å². The summed E-state index contributed by atoms with van der Waals surface area (Å²) in [5.74, 6) is 0.797. The maximum Gasteiger partial charge on any atom is 0.261 e. The molecule has 1 heterocycles. The summed E-state index contributed by atoms with van der Waals surface area (Å²) in [5.41, 5.74) is 0. The van der Waals surface area contributed by atoms with Gasteiger partial charge in [0.25, 0.3) is 5.91 Å². The molecule has 0 aliphatic heterocycles. The van der Waals surface area contributed by atoms with Gasteiger partial charge in [-0.2, -0.15) is 0 Å². The number of fused-ring (bicyclic) bond motifs is 1. The average Bonchev–Trinajstić information content (AvgIpc) is 3.10. The minimum absolute atomic E-state index is 0.00906. The lowest BCUT2D eigenvalue weighted by atomic mass is 9.97. The van der Waals surface area contributed by atoms with Crippen LogP contribution in [0.2, 0.25) is 0 Å². The summed E-state index contributed by atoms with van der Waals surface area (Å²) in [7, 11) is 0. The van der Waals surface area contributed by atoms with Gasteiger partial charge in [-0.3, -0.25) is 4.79 Å². The molecule has 1 amide bonds. The lowest BCUT2D eigenvalue weighted by Gasteiger charge is -2.17. The molecule has 1 fully saturated rings. The first-order chi connectivity index (χ1) is 9.78. The molecule has 1 aliphatic rings. The lowest BCUT2D eigenvalue weighted by Crippen LogP contribution is -2.31. The number of carbonyl (C=O) groups is 1. The second-order valence-corrected chi connectivity index (χ2v) is 6.58. The fourth-order valence-electron chi connectivity index (χ4n) is 3.03. The fourth-order valence-corrected chi connectivity index (χ4v) is 4.01. The molecular formula is C16H19NO2S. The van der Waals surface area contributed by atoms with Gasteiger partial charge >= 0.3 is 0 Å². The van der Waals surface area contributed by atoms with E-state index in [1.807, 2.05) is 30.3 Å². The summed E-state index contributed by atoms with van der Waals surface area (Å²) in [6, 6.07) is 10.00. The van der Waals surface area contributed by atoms with Crippen molar-refractivity contribution in [3.05, 3.63) is 35.2 Å². The standard InChI is InChI=1S/C16H19NO2S/c18-10-13-6-3-5-12(13)9-17-16(19)15-8-11-4-1-2-7-14(11)20-15/h1-2,4,7-8,12-13,18H,3,5-6,9-10H2,(H,17,19). The first kappa shape index (κ1) is 13.6. The highest BCUT2D eigenvalue weighted by Gasteiger charge is 2.26. The van der Waals surface area contributed by atoms with E-state index >= 15 is 0 Å². The molecule has 1 aromatic carbocycles. The molecule has 106 valence electrons. The van der Waals surface area contributed by atoms with Crippen LogP contribution in [0.25, 0.3) is 10.1 Å². The number of hydrogen-bond donors (Lipinski definition) is 2. The summed E-state index contributed by atoms with van der Waals surface area (Å²) in [6.07, 6.45) is 3.35. The van der Waals surface area contributed by atoms with E-state index in [4.69, 9.17) is 0 Å². The van der Waals surface area contributed by atoms with Crippen LogP contribution in [0.4, 0.5) is 0 Å². The molecule has 2 atom stereocenters. The zero-order valence-corrected chi connectivity index (χ0v) is 12.2. The largest absolute Gasteiger partial charge is 0.396 e. The van der Waals surface area contributed by atoms with Crippen molar-refractivity contribution in [2.24, 2.45) is 11.8 Å². The van der Waals surface area contributed by atoms with Crippen LogP contribution in [0.15, 0.2) is 30.3 Å². The summed E-state index contributed by atoms with van der Waals surface area (Å²) in [4.78, 5) is 13.0. The van der Waals surface area contributed by atoms with Gasteiger partial charge in [-0.05, 0) is 42.2 Å². The number of amides is 1. The summed E-state index contributed by atoms with van der Waals surface area (Å²) in [6.45, 7) is 0.918. The highest BCUT2D eigenvalue weighted by molar-refractivity contribution is 7.20. The Morgan fingerprint density at radius 1 is 1.30 bits per heavy atom. The van der Waals surface area contributed by atoms with Gasteiger partial charge in [0.05, 0.1) is 4.88 Å². The molecule has 2 aromatic rings. The van der Waals surface area contributed by atoms with E-state index in [0.717, 1.165) is 34.2 Å². The second-order valence-electron chi connectivity index (χ2n) is 5.49. The summed E-state index contributed by atoms with van der Waals surface area (Å²) < 4.78 is 1.15. The minimum atomic E-state index is 0.00906. The van der Waals surface area contributed by atoms with E-state index in [9.17, 15) is 9.90 Å². The Balaban J connectivity index is 1.64. The van der Waals surface area contributed by atoms with Crippen molar-refractivity contribution in [1.82, 2.24) is 5.32 Å². The second kappa shape index (κ2) is 5.94. The van der Waals surface area contributed by atoms with Gasteiger partial charge in [0.2, 0.25) is 0 Å². The van der Waals surface area contributed by atoms with Crippen molar-refractivity contribution in [3.8, 4) is 0 Å². The number of carbonyl (C=O) groups excluding carboxylic acids is 1. The SMILES string of the molecule is O=C(NCC1CCCC1CO)c1cc2ccccc2s1. The third-order valence-corrected chi connectivity index (χ3v) is 5.34. The van der Waals surface area contributed by atoms with Crippen LogP contribution in [0.5, 0.6) is 0 Å². The predicted molar refractivity (Wildman–Crippen MR) is 82.1 cm³/mol. The quantitative estimate of drug-likeness (QED) is 0.909. The van der Waals surface area contributed by atoms with Crippen molar-refractivity contribution in [3.63, 3.8) is 0 Å². The zero-order valence-electron chi connectivity index (χ0n) is 11.3. The van der Waals surface area contributed by atoms with Crippen molar-refractivity contribution in [2.75, 3.05) is 13.2 Å². The first-order valence-electron chi connectivity index (χ1n) is 7.15. The summed E-state index contributed by atoms with van der Waals surface area (Å²) >= 11 is 1.53. The molecule has 2 N–H and O–H groups in total. The highest BCUT2D eigenvalue weighted by Crippen LogP contribution is 2.31. The number of nitrogens with one attached hydrogen (secondary N) is 1. The molecule has 2 unspecified atom stereocenters. The van der Waals surface area contributed by atoms with E-state index in [-0.39, 0.29) is 12.5 Å². The maximum atomic E-state index is 12.2. The third kappa shape index (κ3) is 2.72. The summed E-state index contributed by atoms with van der Waals surface area (Å²) in [5, 5.41) is 13.5. The number of benzene rings is 1. The number of rotatable bonds is 4. The normalized spacial score (nSPS) is 22.2. The van der Waals surface area contributed by atoms with Crippen LogP contribution >= 0.6 is 11.3 Å². The Bertz CT molecular complexity index is 574. The van der Waals surface area contributed by atoms with Crippen molar-refractivity contribution in [2.45, 2.75) is 19.3 Å². The Labute approximate surface area is 122 Å². The van der Waals surface area contributed by atoms with Gasteiger partial charge in [-0.15, -0.1) is 11.3 Å². The predicted octanol–water partition coefficient (Wildman–Crippen LogP) is 3.04. The van der Waals surface area contributed by atoms with Crippen LogP contribution in [0, 0.1) is 11.8 Å². The molecule has 20 heavy (non-hydrogen) atoms. The molecule has 1 aliphatic carbocycles. The van der Waals surface area contributed by atoms with E-state index in [2.05, 4.69) is 5.32 Å². The van der Waals surface area contributed by atoms with Crippen LogP contribution in [-0.2, 0) is 0 Å². The number of hydrogen-bond acceptors (Lipinski definition) is 3. The monoisotopic (exact) mass is 289 g/mol. The molecule has 1 aromatic heterocycles. The lowest BCUT2D eigenvalue weighted by molar-refractivity contribution is 0.0942. The van der Waals surface area contributed by atoms with Gasteiger partial charge in [0.1, 0.15) is 0 Å². The minimum Gasteiger partial charge on any atom is -0.396 e. The molecule has 0 radical (unpaired) electrons. The highest BCUT2D eigenvalue weighted by atomic mass is 32.1. The first-order valence-corrected chi connectivity index (χ1v) is 7.97. The zero-order chi connectivity index (χ0) is 13.9. The van der Waals surface area contributed by atoms with Gasteiger partial charge in [0, 0.05) is 17.9 Å². The maximum absolute atomic E-state index is 12.2. The molecule has 0 saturated heterocycles. The Hall–Kier alpha value is -1.39. The number of aliphatic hydroxyl groups is 1. The van der Waals surface area contributed by atoms with Crippen LogP contribution in [0.1, 0.15) is 28.9 Å². The molecule has 0 bridgehead atoms. The molecule has 4 heteroatoms. The number of thiophene rings is 1. The molecule has 3 rings (SSSR count). The van der Waals surface area contributed by atoms with Gasteiger partial charge in [-0.25, -0.2) is 0 Å². The average molecular weight is 289 g/mol. The molecule has 3 nitrogen and oxygen atoms in total. The van der Waals surface area contributed by atoms with Gasteiger partial charge in [-0.1, -0.05) is 24.6 Å².